The van der Waals surface area contributed by atoms with Gasteiger partial charge in [-0.15, -0.1) is 0 Å². The predicted molar refractivity (Wildman–Crippen MR) is 117 cm³/mol. The molecule has 29 heavy (non-hydrogen) atoms. The molecule has 6 heteroatoms. The van der Waals surface area contributed by atoms with Gasteiger partial charge in [-0.3, -0.25) is 4.90 Å². The first-order chi connectivity index (χ1) is 14.1. The van der Waals surface area contributed by atoms with Gasteiger partial charge >= 0.3 is 0 Å². The highest BCUT2D eigenvalue weighted by Gasteiger charge is 2.26. The van der Waals surface area contributed by atoms with E-state index in [2.05, 4.69) is 29.2 Å². The third kappa shape index (κ3) is 6.37. The lowest BCUT2D eigenvalue weighted by Gasteiger charge is -2.34. The van der Waals surface area contributed by atoms with Gasteiger partial charge in [-0.1, -0.05) is 74.0 Å². The van der Waals surface area contributed by atoms with Crippen LogP contribution in [0.15, 0.2) is 60.7 Å². The van der Waals surface area contributed by atoms with Crippen molar-refractivity contribution in [2.45, 2.75) is 25.9 Å². The van der Waals surface area contributed by atoms with Gasteiger partial charge in [0.2, 0.25) is 10.0 Å². The number of nitrogens with zero attached hydrogens (tertiary/aromatic N) is 2. The average Bonchev–Trinajstić information content (AvgIpc) is 2.77. The lowest BCUT2D eigenvalue weighted by molar-refractivity contribution is 0.0527. The Hall–Kier alpha value is -1.73. The molecule has 1 aliphatic heterocycles. The molecule has 3 rings (SSSR count). The van der Waals surface area contributed by atoms with Crippen LogP contribution in [0.25, 0.3) is 0 Å². The van der Waals surface area contributed by atoms with Crippen LogP contribution in [0, 0.1) is 0 Å². The highest BCUT2D eigenvalue weighted by Crippen LogP contribution is 2.25. The van der Waals surface area contributed by atoms with Gasteiger partial charge in [0, 0.05) is 32.7 Å². The molecule has 1 aliphatic rings. The minimum atomic E-state index is -3.10. The Morgan fingerprint density at radius 3 is 1.97 bits per heavy atom. The number of sulfonamides is 1. The normalized spacial score (nSPS) is 16.3. The van der Waals surface area contributed by atoms with E-state index in [1.807, 2.05) is 43.3 Å². The molecule has 0 spiro atoms. The number of benzene rings is 2. The van der Waals surface area contributed by atoms with Gasteiger partial charge in [-0.05, 0) is 17.5 Å². The smallest absolute Gasteiger partial charge is 0.214 e. The van der Waals surface area contributed by atoms with E-state index in [4.69, 9.17) is 4.74 Å². The van der Waals surface area contributed by atoms with E-state index >= 15 is 0 Å². The van der Waals surface area contributed by atoms with Crippen molar-refractivity contribution < 1.29 is 13.2 Å². The van der Waals surface area contributed by atoms with Gasteiger partial charge in [0.1, 0.15) is 6.10 Å². The minimum absolute atomic E-state index is 0.0897. The van der Waals surface area contributed by atoms with Crippen molar-refractivity contribution in [3.8, 4) is 0 Å². The molecule has 0 aliphatic carbocycles. The molecule has 2 aromatic rings. The van der Waals surface area contributed by atoms with E-state index in [0.717, 1.165) is 43.6 Å². The van der Waals surface area contributed by atoms with Crippen LogP contribution >= 0.6 is 0 Å². The molecule has 158 valence electrons. The van der Waals surface area contributed by atoms with E-state index < -0.39 is 10.0 Å². The summed E-state index contributed by atoms with van der Waals surface area (Å²) in [5.41, 5.74) is 2.29. The van der Waals surface area contributed by atoms with E-state index in [9.17, 15) is 8.42 Å². The van der Waals surface area contributed by atoms with Gasteiger partial charge in [0.05, 0.1) is 12.4 Å². The van der Waals surface area contributed by atoms with E-state index in [-0.39, 0.29) is 11.9 Å². The zero-order valence-corrected chi connectivity index (χ0v) is 18.1. The largest absolute Gasteiger partial charge is 0.367 e. The molecule has 1 fully saturated rings. The Kier molecular flexibility index (Phi) is 8.24. The minimum Gasteiger partial charge on any atom is -0.367 e. The summed E-state index contributed by atoms with van der Waals surface area (Å²) in [6.45, 7) is 6.10. The molecule has 0 radical (unpaired) electrons. The van der Waals surface area contributed by atoms with Crippen LogP contribution in [-0.4, -0.2) is 62.7 Å². The van der Waals surface area contributed by atoms with Gasteiger partial charge in [0.25, 0.3) is 0 Å². The van der Waals surface area contributed by atoms with E-state index in [1.54, 1.807) is 4.31 Å². The van der Waals surface area contributed by atoms with Crippen LogP contribution in [-0.2, 0) is 14.8 Å². The van der Waals surface area contributed by atoms with Crippen LogP contribution in [0.5, 0.6) is 0 Å². The molecule has 0 unspecified atom stereocenters. The first-order valence-electron chi connectivity index (χ1n) is 10.5. The molecular formula is C23H32N2O3S. The van der Waals surface area contributed by atoms with Gasteiger partial charge in [-0.2, -0.15) is 4.31 Å². The summed E-state index contributed by atoms with van der Waals surface area (Å²) in [4.78, 5) is 2.29. The zero-order chi connectivity index (χ0) is 20.5. The second kappa shape index (κ2) is 10.9. The van der Waals surface area contributed by atoms with Crippen molar-refractivity contribution in [1.82, 2.24) is 9.21 Å². The maximum atomic E-state index is 12.4. The van der Waals surface area contributed by atoms with Gasteiger partial charge in [0.15, 0.2) is 0 Å². The fraction of sp³-hybridized carbons (Fsp3) is 0.478. The molecule has 0 saturated carbocycles. The maximum Gasteiger partial charge on any atom is 0.214 e. The Balaban J connectivity index is 1.51. The van der Waals surface area contributed by atoms with Crippen LogP contribution in [0.1, 0.15) is 37.0 Å². The van der Waals surface area contributed by atoms with Crippen LogP contribution in [0.3, 0.4) is 0 Å². The number of rotatable bonds is 10. The quantitative estimate of drug-likeness (QED) is 0.594. The van der Waals surface area contributed by atoms with Crippen molar-refractivity contribution in [3.05, 3.63) is 71.8 Å². The summed E-state index contributed by atoms with van der Waals surface area (Å²) in [5.74, 6) is 0.266. The van der Waals surface area contributed by atoms with Crippen molar-refractivity contribution in [2.75, 3.05) is 45.1 Å². The van der Waals surface area contributed by atoms with Crippen molar-refractivity contribution in [2.24, 2.45) is 0 Å². The number of hydrogen-bond acceptors (Lipinski definition) is 4. The summed E-state index contributed by atoms with van der Waals surface area (Å²) in [6.07, 6.45) is 1.55. The topological polar surface area (TPSA) is 49.9 Å². The fourth-order valence-corrected chi connectivity index (χ4v) is 5.26. The summed E-state index contributed by atoms with van der Waals surface area (Å²) in [5, 5.41) is 0. The number of hydrogen-bond donors (Lipinski definition) is 0. The van der Waals surface area contributed by atoms with Crippen molar-refractivity contribution in [3.63, 3.8) is 0 Å². The number of unbranched alkanes of at least 4 members (excludes halogenated alkanes) is 1. The van der Waals surface area contributed by atoms with Crippen molar-refractivity contribution in [1.29, 1.82) is 0 Å². The first kappa shape index (κ1) is 22.0. The fourth-order valence-electron chi connectivity index (χ4n) is 3.63. The van der Waals surface area contributed by atoms with E-state index in [0.29, 0.717) is 19.7 Å². The predicted octanol–water partition coefficient (Wildman–Crippen LogP) is 3.54. The Morgan fingerprint density at radius 2 is 1.45 bits per heavy atom. The molecular weight excluding hydrogens is 384 g/mol. The second-order valence-corrected chi connectivity index (χ2v) is 9.57. The Labute approximate surface area is 175 Å². The molecule has 0 N–H and O–H groups in total. The van der Waals surface area contributed by atoms with Crippen LogP contribution < -0.4 is 0 Å². The summed E-state index contributed by atoms with van der Waals surface area (Å²) < 4.78 is 32.6. The standard InChI is InChI=1S/C23H32N2O3S/c1-2-3-20-29(26,27)25-16-14-24(15-17-25)18-19-28-23(21-10-6-4-7-11-21)22-12-8-5-9-13-22/h4-13,23H,2-3,14-20H2,1H3. The summed E-state index contributed by atoms with van der Waals surface area (Å²) >= 11 is 0. The van der Waals surface area contributed by atoms with E-state index in [1.165, 1.54) is 0 Å². The number of ether oxygens (including phenoxy) is 1. The number of piperazine rings is 1. The van der Waals surface area contributed by atoms with Gasteiger partial charge < -0.3 is 4.74 Å². The van der Waals surface area contributed by atoms with Crippen LogP contribution in [0.4, 0.5) is 0 Å². The first-order valence-corrected chi connectivity index (χ1v) is 12.1. The highest BCUT2D eigenvalue weighted by molar-refractivity contribution is 7.89. The van der Waals surface area contributed by atoms with Gasteiger partial charge in [-0.25, -0.2) is 8.42 Å². The summed E-state index contributed by atoms with van der Waals surface area (Å²) in [7, 11) is -3.10. The zero-order valence-electron chi connectivity index (χ0n) is 17.2. The second-order valence-electron chi connectivity index (χ2n) is 7.48. The third-order valence-electron chi connectivity index (χ3n) is 5.38. The van der Waals surface area contributed by atoms with Crippen molar-refractivity contribution >= 4 is 10.0 Å². The molecule has 1 heterocycles. The maximum absolute atomic E-state index is 12.4. The average molecular weight is 417 g/mol. The molecule has 0 atom stereocenters. The lowest BCUT2D eigenvalue weighted by Crippen LogP contribution is -2.49. The molecule has 0 amide bonds. The summed E-state index contributed by atoms with van der Waals surface area (Å²) in [6, 6.07) is 20.5. The third-order valence-corrected chi connectivity index (χ3v) is 7.33. The lowest BCUT2D eigenvalue weighted by atomic mass is 10.0. The molecule has 5 nitrogen and oxygen atoms in total. The Morgan fingerprint density at radius 1 is 0.897 bits per heavy atom. The monoisotopic (exact) mass is 416 g/mol. The highest BCUT2D eigenvalue weighted by atomic mass is 32.2. The molecule has 0 aromatic heterocycles. The molecule has 2 aromatic carbocycles. The SMILES string of the molecule is CCCCS(=O)(=O)N1CCN(CCOC(c2ccccc2)c2ccccc2)CC1. The van der Waals surface area contributed by atoms with Crippen LogP contribution in [0.2, 0.25) is 0 Å². The molecule has 1 saturated heterocycles. The molecule has 0 bridgehead atoms. The Bertz CT molecular complexity index is 780.